The summed E-state index contributed by atoms with van der Waals surface area (Å²) in [5.41, 5.74) is 0.878. The lowest BCUT2D eigenvalue weighted by atomic mass is 10.1. The topological polar surface area (TPSA) is 76.1 Å². The third kappa shape index (κ3) is 3.75. The van der Waals surface area contributed by atoms with Gasteiger partial charge < -0.3 is 15.0 Å². The zero-order valence-corrected chi connectivity index (χ0v) is 15.7. The maximum atomic E-state index is 13.9. The maximum Gasteiger partial charge on any atom is 0.262 e. The molecule has 1 aromatic heterocycles. The van der Waals surface area contributed by atoms with Crippen LogP contribution in [0.25, 0.3) is 10.9 Å². The first-order valence-corrected chi connectivity index (χ1v) is 8.86. The quantitative estimate of drug-likeness (QED) is 0.652. The minimum absolute atomic E-state index is 0.126. The predicted molar refractivity (Wildman–Crippen MR) is 105 cm³/mol. The van der Waals surface area contributed by atoms with Crippen molar-refractivity contribution in [3.8, 4) is 5.75 Å². The molecule has 140 valence electrons. The van der Waals surface area contributed by atoms with Gasteiger partial charge in [-0.3, -0.25) is 14.2 Å². The number of carbonyl (C=O) groups is 1. The smallest absolute Gasteiger partial charge is 0.262 e. The van der Waals surface area contributed by atoms with Gasteiger partial charge in [0.15, 0.2) is 16.3 Å². The first kappa shape index (κ1) is 18.8. The summed E-state index contributed by atoms with van der Waals surface area (Å²) in [5.74, 6) is -0.863. The molecule has 2 aromatic carbocycles. The summed E-state index contributed by atoms with van der Waals surface area (Å²) in [4.78, 5) is 27.8. The lowest BCUT2D eigenvalue weighted by Crippen LogP contribution is -2.21. The molecule has 0 unspecified atom stereocenters. The number of amides is 1. The molecule has 8 heteroatoms. The second kappa shape index (κ2) is 7.71. The van der Waals surface area contributed by atoms with Crippen LogP contribution in [-0.2, 0) is 6.54 Å². The molecular weight excluding hydrogens is 369 g/mol. The van der Waals surface area contributed by atoms with Crippen LogP contribution in [0, 0.1) is 10.6 Å². The predicted octanol–water partition coefficient (Wildman–Crippen LogP) is 3.87. The van der Waals surface area contributed by atoms with Crippen molar-refractivity contribution < 1.29 is 13.9 Å². The Kier molecular flexibility index (Phi) is 5.36. The van der Waals surface area contributed by atoms with Crippen LogP contribution in [0.15, 0.2) is 41.2 Å². The van der Waals surface area contributed by atoms with Crippen LogP contribution < -0.4 is 15.6 Å². The number of aromatic nitrogens is 2. The number of rotatable bonds is 5. The number of hydrogen-bond donors (Lipinski definition) is 2. The van der Waals surface area contributed by atoms with Gasteiger partial charge in [-0.15, -0.1) is 0 Å². The Labute approximate surface area is 159 Å². The summed E-state index contributed by atoms with van der Waals surface area (Å²) in [6, 6.07) is 8.87. The molecule has 0 bridgehead atoms. The Hall–Kier alpha value is -3.00. The average molecular weight is 387 g/mol. The fourth-order valence-corrected chi connectivity index (χ4v) is 3.06. The van der Waals surface area contributed by atoms with Gasteiger partial charge in [-0.2, -0.15) is 0 Å². The lowest BCUT2D eigenvalue weighted by Gasteiger charge is -2.10. The number of H-pyrrole nitrogens is 1. The number of hydrogen-bond acceptors (Lipinski definition) is 4. The van der Waals surface area contributed by atoms with Crippen molar-refractivity contribution in [2.45, 2.75) is 20.4 Å². The van der Waals surface area contributed by atoms with Gasteiger partial charge in [0, 0.05) is 23.9 Å². The van der Waals surface area contributed by atoms with Crippen molar-refractivity contribution in [1.29, 1.82) is 0 Å². The number of fused-ring (bicyclic) bond motifs is 1. The van der Waals surface area contributed by atoms with E-state index in [2.05, 4.69) is 10.3 Å². The molecule has 27 heavy (non-hydrogen) atoms. The summed E-state index contributed by atoms with van der Waals surface area (Å²) >= 11 is 5.18. The van der Waals surface area contributed by atoms with Crippen LogP contribution >= 0.6 is 12.2 Å². The summed E-state index contributed by atoms with van der Waals surface area (Å²) in [7, 11) is 0. The fraction of sp³-hybridized carbons (Fsp3) is 0.211. The van der Waals surface area contributed by atoms with E-state index in [1.54, 1.807) is 31.2 Å². The largest absolute Gasteiger partial charge is 0.491 e. The second-order valence-corrected chi connectivity index (χ2v) is 6.16. The molecule has 0 saturated heterocycles. The number of aromatic amines is 1. The highest BCUT2D eigenvalue weighted by Gasteiger charge is 2.12. The number of nitrogens with zero attached hydrogens (tertiary/aromatic N) is 1. The monoisotopic (exact) mass is 387 g/mol. The molecule has 0 atom stereocenters. The maximum absolute atomic E-state index is 13.9. The van der Waals surface area contributed by atoms with Gasteiger partial charge in [0.05, 0.1) is 17.5 Å². The van der Waals surface area contributed by atoms with Crippen LogP contribution in [0.5, 0.6) is 5.75 Å². The highest BCUT2D eigenvalue weighted by atomic mass is 32.1. The van der Waals surface area contributed by atoms with Gasteiger partial charge in [-0.1, -0.05) is 0 Å². The number of benzene rings is 2. The van der Waals surface area contributed by atoms with Crippen molar-refractivity contribution >= 4 is 34.7 Å². The van der Waals surface area contributed by atoms with E-state index in [-0.39, 0.29) is 11.3 Å². The number of nitrogens with one attached hydrogen (secondary N) is 2. The molecule has 1 heterocycles. The van der Waals surface area contributed by atoms with Crippen LogP contribution in [-0.4, -0.2) is 22.1 Å². The van der Waals surface area contributed by atoms with Crippen LogP contribution in [0.3, 0.4) is 0 Å². The normalized spacial score (nSPS) is 10.8. The van der Waals surface area contributed by atoms with Crippen molar-refractivity contribution in [3.05, 3.63) is 62.9 Å². The van der Waals surface area contributed by atoms with E-state index < -0.39 is 11.7 Å². The molecule has 0 saturated carbocycles. The Morgan fingerprint density at radius 2 is 2.04 bits per heavy atom. The van der Waals surface area contributed by atoms with E-state index in [9.17, 15) is 14.0 Å². The summed E-state index contributed by atoms with van der Waals surface area (Å²) in [6.45, 7) is 4.39. The van der Waals surface area contributed by atoms with E-state index in [0.717, 1.165) is 0 Å². The summed E-state index contributed by atoms with van der Waals surface area (Å²) in [5, 5.41) is 3.07. The Bertz CT molecular complexity index is 1140. The van der Waals surface area contributed by atoms with Crippen LogP contribution in [0.4, 0.5) is 10.1 Å². The van der Waals surface area contributed by atoms with E-state index >= 15 is 0 Å². The third-order valence-corrected chi connectivity index (χ3v) is 4.37. The van der Waals surface area contributed by atoms with Gasteiger partial charge in [0.1, 0.15) is 0 Å². The fourth-order valence-electron chi connectivity index (χ4n) is 2.74. The number of ether oxygens (including phenoxy) is 1. The Morgan fingerprint density at radius 1 is 1.26 bits per heavy atom. The number of anilines is 1. The van der Waals surface area contributed by atoms with Crippen LogP contribution in [0.2, 0.25) is 0 Å². The minimum atomic E-state index is -0.558. The molecule has 6 nitrogen and oxygen atoms in total. The van der Waals surface area contributed by atoms with E-state index in [0.29, 0.717) is 40.1 Å². The molecule has 2 N–H and O–H groups in total. The summed E-state index contributed by atoms with van der Waals surface area (Å²) in [6.07, 6.45) is 0. The SMILES string of the molecule is CCOc1ccc(NC(=O)c2ccc3c(=O)n(CC)c(=S)[nH]c3c2)cc1F. The molecule has 0 fully saturated rings. The first-order valence-electron chi connectivity index (χ1n) is 8.45. The first-order chi connectivity index (χ1) is 12.9. The number of halogens is 1. The summed E-state index contributed by atoms with van der Waals surface area (Å²) < 4.78 is 20.8. The van der Waals surface area contributed by atoms with Gasteiger partial charge in [0.2, 0.25) is 0 Å². The minimum Gasteiger partial charge on any atom is -0.491 e. The zero-order chi connectivity index (χ0) is 19.6. The third-order valence-electron chi connectivity index (χ3n) is 4.05. The molecular formula is C19H18FN3O3S. The highest BCUT2D eigenvalue weighted by molar-refractivity contribution is 7.71. The van der Waals surface area contributed by atoms with Gasteiger partial charge >= 0.3 is 0 Å². The van der Waals surface area contributed by atoms with Gasteiger partial charge in [-0.25, -0.2) is 4.39 Å². The van der Waals surface area contributed by atoms with Crippen molar-refractivity contribution in [2.75, 3.05) is 11.9 Å². The molecule has 1 amide bonds. The van der Waals surface area contributed by atoms with Crippen molar-refractivity contribution in [1.82, 2.24) is 9.55 Å². The molecule has 0 aliphatic carbocycles. The zero-order valence-electron chi connectivity index (χ0n) is 14.8. The van der Waals surface area contributed by atoms with E-state index in [4.69, 9.17) is 17.0 Å². The van der Waals surface area contributed by atoms with Crippen molar-refractivity contribution in [3.63, 3.8) is 0 Å². The number of carbonyl (C=O) groups excluding carboxylic acids is 1. The molecule has 3 aromatic rings. The highest BCUT2D eigenvalue weighted by Crippen LogP contribution is 2.22. The van der Waals surface area contributed by atoms with E-state index in [1.807, 2.05) is 6.92 Å². The lowest BCUT2D eigenvalue weighted by molar-refractivity contribution is 0.102. The molecule has 0 radical (unpaired) electrons. The Balaban J connectivity index is 1.91. The van der Waals surface area contributed by atoms with Gasteiger partial charge in [-0.05, 0) is 56.4 Å². The average Bonchev–Trinajstić information content (AvgIpc) is 2.64. The van der Waals surface area contributed by atoms with Gasteiger partial charge in [0.25, 0.3) is 11.5 Å². The van der Waals surface area contributed by atoms with Crippen molar-refractivity contribution in [2.24, 2.45) is 0 Å². The molecule has 0 spiro atoms. The Morgan fingerprint density at radius 3 is 2.70 bits per heavy atom. The second-order valence-electron chi connectivity index (χ2n) is 5.77. The molecule has 3 rings (SSSR count). The van der Waals surface area contributed by atoms with E-state index in [1.165, 1.54) is 16.7 Å². The van der Waals surface area contributed by atoms with Crippen LogP contribution in [0.1, 0.15) is 24.2 Å². The standard InChI is InChI=1S/C19H18FN3O3S/c1-3-23-18(25)13-7-5-11(9-15(13)22-19(23)27)17(24)21-12-6-8-16(26-4-2)14(20)10-12/h5-10H,3-4H2,1-2H3,(H,21,24)(H,22,27). The molecule has 0 aliphatic heterocycles. The molecule has 0 aliphatic rings.